The second kappa shape index (κ2) is 8.17. The summed E-state index contributed by atoms with van der Waals surface area (Å²) in [4.78, 5) is 12.1. The first kappa shape index (κ1) is 17.5. The first-order chi connectivity index (χ1) is 12.2. The molecule has 3 rings (SSSR count). The number of carbonyl (C=O) groups is 1. The quantitative estimate of drug-likeness (QED) is 0.616. The van der Waals surface area contributed by atoms with Crippen molar-refractivity contribution in [3.8, 4) is 11.4 Å². The van der Waals surface area contributed by atoms with E-state index in [1.165, 1.54) is 11.8 Å². The van der Waals surface area contributed by atoms with Gasteiger partial charge in [0.2, 0.25) is 5.91 Å². The molecule has 0 saturated heterocycles. The van der Waals surface area contributed by atoms with Gasteiger partial charge in [-0.1, -0.05) is 33.8 Å². The first-order valence-corrected chi connectivity index (χ1v) is 9.16. The number of aromatic nitrogens is 3. The molecule has 0 aliphatic carbocycles. The van der Waals surface area contributed by atoms with E-state index in [0.717, 1.165) is 21.6 Å². The van der Waals surface area contributed by atoms with Gasteiger partial charge in [-0.2, -0.15) is 0 Å². The number of nitrogens with one attached hydrogen (secondary N) is 1. The van der Waals surface area contributed by atoms with Gasteiger partial charge in [-0.25, -0.2) is 0 Å². The summed E-state index contributed by atoms with van der Waals surface area (Å²) >= 11 is 4.71. The van der Waals surface area contributed by atoms with Crippen LogP contribution in [0.5, 0.6) is 5.75 Å². The third-order valence-corrected chi connectivity index (χ3v) is 4.74. The van der Waals surface area contributed by atoms with Crippen molar-refractivity contribution in [2.24, 2.45) is 0 Å². The molecule has 8 heteroatoms. The highest BCUT2D eigenvalue weighted by atomic mass is 79.9. The maximum Gasteiger partial charge on any atom is 0.234 e. The average Bonchev–Trinajstić information content (AvgIpc) is 3.08. The van der Waals surface area contributed by atoms with Gasteiger partial charge in [0.15, 0.2) is 5.16 Å². The lowest BCUT2D eigenvalue weighted by atomic mass is 10.3. The molecule has 0 aliphatic heterocycles. The van der Waals surface area contributed by atoms with Crippen LogP contribution in [0.1, 0.15) is 0 Å². The van der Waals surface area contributed by atoms with E-state index in [2.05, 4.69) is 31.4 Å². The number of benzene rings is 2. The van der Waals surface area contributed by atoms with E-state index >= 15 is 0 Å². The lowest BCUT2D eigenvalue weighted by Gasteiger charge is -2.08. The van der Waals surface area contributed by atoms with Crippen molar-refractivity contribution >= 4 is 39.3 Å². The third-order valence-electron chi connectivity index (χ3n) is 3.31. The van der Waals surface area contributed by atoms with E-state index in [4.69, 9.17) is 4.74 Å². The van der Waals surface area contributed by atoms with Crippen molar-refractivity contribution in [2.75, 3.05) is 18.2 Å². The fraction of sp³-hybridized carbons (Fsp3) is 0.118. The second-order valence-electron chi connectivity index (χ2n) is 5.03. The molecule has 0 spiro atoms. The van der Waals surface area contributed by atoms with Crippen LogP contribution in [0.15, 0.2) is 64.5 Å². The average molecular weight is 419 g/mol. The Bertz CT molecular complexity index is 867. The van der Waals surface area contributed by atoms with Crippen LogP contribution in [-0.4, -0.2) is 33.5 Å². The number of halogens is 1. The maximum atomic E-state index is 12.1. The summed E-state index contributed by atoms with van der Waals surface area (Å²) in [5.74, 6) is 0.910. The van der Waals surface area contributed by atoms with Crippen LogP contribution in [0.4, 0.5) is 5.69 Å². The van der Waals surface area contributed by atoms with Gasteiger partial charge >= 0.3 is 0 Å². The zero-order chi connectivity index (χ0) is 17.6. The second-order valence-corrected chi connectivity index (χ2v) is 6.89. The predicted molar refractivity (Wildman–Crippen MR) is 101 cm³/mol. The van der Waals surface area contributed by atoms with Crippen LogP contribution in [0.2, 0.25) is 0 Å². The predicted octanol–water partition coefficient (Wildman–Crippen LogP) is 3.77. The highest BCUT2D eigenvalue weighted by Gasteiger charge is 2.10. The minimum Gasteiger partial charge on any atom is -0.497 e. The summed E-state index contributed by atoms with van der Waals surface area (Å²) in [5, 5.41) is 11.5. The van der Waals surface area contributed by atoms with Crippen LogP contribution in [0.3, 0.4) is 0 Å². The Morgan fingerprint density at radius 2 is 2.08 bits per heavy atom. The Morgan fingerprint density at radius 1 is 1.28 bits per heavy atom. The van der Waals surface area contributed by atoms with E-state index in [0.29, 0.717) is 5.16 Å². The Kier molecular flexibility index (Phi) is 5.72. The molecule has 3 aromatic rings. The van der Waals surface area contributed by atoms with Crippen LogP contribution in [-0.2, 0) is 4.79 Å². The third kappa shape index (κ3) is 4.61. The van der Waals surface area contributed by atoms with Crippen LogP contribution in [0, 0.1) is 0 Å². The number of nitrogens with zero attached hydrogens (tertiary/aromatic N) is 3. The molecule has 0 bridgehead atoms. The van der Waals surface area contributed by atoms with Gasteiger partial charge in [-0.3, -0.25) is 9.36 Å². The van der Waals surface area contributed by atoms with E-state index in [1.54, 1.807) is 13.4 Å². The van der Waals surface area contributed by atoms with Gasteiger partial charge in [0.05, 0.1) is 12.9 Å². The number of rotatable bonds is 6. The summed E-state index contributed by atoms with van der Waals surface area (Å²) in [6.07, 6.45) is 1.62. The fourth-order valence-corrected chi connectivity index (χ4v) is 3.26. The van der Waals surface area contributed by atoms with Crippen molar-refractivity contribution in [3.63, 3.8) is 0 Å². The fourth-order valence-electron chi connectivity index (χ4n) is 2.14. The molecular weight excluding hydrogens is 404 g/mol. The zero-order valence-corrected chi connectivity index (χ0v) is 15.8. The van der Waals surface area contributed by atoms with Crippen molar-refractivity contribution in [1.29, 1.82) is 0 Å². The summed E-state index contributed by atoms with van der Waals surface area (Å²) < 4.78 is 7.90. The molecule has 0 unspecified atom stereocenters. The van der Waals surface area contributed by atoms with Crippen LogP contribution >= 0.6 is 27.7 Å². The lowest BCUT2D eigenvalue weighted by Crippen LogP contribution is -2.14. The molecule has 1 aromatic heterocycles. The largest absolute Gasteiger partial charge is 0.497 e. The molecule has 25 heavy (non-hydrogen) atoms. The van der Waals surface area contributed by atoms with Crippen LogP contribution in [0.25, 0.3) is 5.69 Å². The van der Waals surface area contributed by atoms with Gasteiger partial charge in [0.25, 0.3) is 0 Å². The zero-order valence-electron chi connectivity index (χ0n) is 13.3. The number of hydrogen-bond donors (Lipinski definition) is 1. The van der Waals surface area contributed by atoms with E-state index < -0.39 is 0 Å². The molecule has 1 amide bonds. The van der Waals surface area contributed by atoms with Crippen molar-refractivity contribution in [3.05, 3.63) is 59.3 Å². The molecular formula is C17H15BrN4O2S. The molecule has 1 N–H and O–H groups in total. The summed E-state index contributed by atoms with van der Waals surface area (Å²) in [5.41, 5.74) is 1.65. The van der Waals surface area contributed by atoms with Gasteiger partial charge in [-0.15, -0.1) is 10.2 Å². The lowest BCUT2D eigenvalue weighted by molar-refractivity contribution is -0.113. The number of methoxy groups -OCH3 is 1. The Balaban J connectivity index is 1.64. The van der Waals surface area contributed by atoms with Gasteiger partial charge in [0.1, 0.15) is 12.1 Å². The van der Waals surface area contributed by atoms with Gasteiger partial charge in [0, 0.05) is 15.8 Å². The highest BCUT2D eigenvalue weighted by Crippen LogP contribution is 2.22. The van der Waals surface area contributed by atoms with Gasteiger partial charge in [-0.05, 0) is 42.5 Å². The van der Waals surface area contributed by atoms with Crippen molar-refractivity contribution in [1.82, 2.24) is 14.8 Å². The molecule has 0 fully saturated rings. The molecule has 0 atom stereocenters. The number of anilines is 1. The number of amides is 1. The molecule has 0 radical (unpaired) electrons. The molecule has 128 valence electrons. The van der Waals surface area contributed by atoms with E-state index in [-0.39, 0.29) is 11.7 Å². The Labute approximate surface area is 157 Å². The van der Waals surface area contributed by atoms with E-state index in [9.17, 15) is 4.79 Å². The number of hydrogen-bond acceptors (Lipinski definition) is 5. The van der Waals surface area contributed by atoms with Crippen molar-refractivity contribution in [2.45, 2.75) is 5.16 Å². The smallest absolute Gasteiger partial charge is 0.234 e. The summed E-state index contributed by atoms with van der Waals surface area (Å²) in [6, 6.07) is 15.0. The van der Waals surface area contributed by atoms with E-state index in [1.807, 2.05) is 53.1 Å². The van der Waals surface area contributed by atoms with Crippen LogP contribution < -0.4 is 10.1 Å². The summed E-state index contributed by atoms with van der Waals surface area (Å²) in [6.45, 7) is 0. The molecule has 1 heterocycles. The molecule has 0 saturated carbocycles. The number of ether oxygens (including phenoxy) is 1. The monoisotopic (exact) mass is 418 g/mol. The first-order valence-electron chi connectivity index (χ1n) is 7.38. The SMILES string of the molecule is COc1ccc(-n2cnnc2SCC(=O)Nc2cccc(Br)c2)cc1. The molecule has 6 nitrogen and oxygen atoms in total. The normalized spacial score (nSPS) is 10.5. The van der Waals surface area contributed by atoms with Crippen molar-refractivity contribution < 1.29 is 9.53 Å². The topological polar surface area (TPSA) is 69.0 Å². The number of carbonyl (C=O) groups excluding carboxylic acids is 1. The Hall–Kier alpha value is -2.32. The summed E-state index contributed by atoms with van der Waals surface area (Å²) in [7, 11) is 1.62. The van der Waals surface area contributed by atoms with Gasteiger partial charge < -0.3 is 10.1 Å². The molecule has 0 aliphatic rings. The highest BCUT2D eigenvalue weighted by molar-refractivity contribution is 9.10. The number of thioether (sulfide) groups is 1. The minimum absolute atomic E-state index is 0.104. The Morgan fingerprint density at radius 3 is 2.80 bits per heavy atom. The molecule has 2 aromatic carbocycles. The minimum atomic E-state index is -0.104. The maximum absolute atomic E-state index is 12.1. The standard InChI is InChI=1S/C17H15BrN4O2S/c1-24-15-7-5-14(6-8-15)22-11-19-21-17(22)25-10-16(23)20-13-4-2-3-12(18)9-13/h2-9,11H,10H2,1H3,(H,20,23).